The SMILES string of the molecule is CC1=C(CCC(C)C)[C@@]2(C)CCCC(C)(C)[C@@H]2CC1. The maximum Gasteiger partial charge on any atom is -0.00804 e. The number of hydrogen-bond acceptors (Lipinski definition) is 0. The largest absolute Gasteiger partial charge is 0.0735 e. The molecule has 1 saturated carbocycles. The average Bonchev–Trinajstić information content (AvgIpc) is 2.26. The van der Waals surface area contributed by atoms with Gasteiger partial charge in [0.15, 0.2) is 0 Å². The summed E-state index contributed by atoms with van der Waals surface area (Å²) in [5.74, 6) is 1.75. The highest BCUT2D eigenvalue weighted by atomic mass is 14.5. The Hall–Kier alpha value is -0.260. The molecule has 0 amide bonds. The van der Waals surface area contributed by atoms with Crippen LogP contribution in [0.1, 0.15) is 86.5 Å². The van der Waals surface area contributed by atoms with Crippen LogP contribution in [0.4, 0.5) is 0 Å². The Labute approximate surface area is 121 Å². The summed E-state index contributed by atoms with van der Waals surface area (Å²) in [4.78, 5) is 0. The predicted molar refractivity (Wildman–Crippen MR) is 85.2 cm³/mol. The minimum atomic E-state index is 0.513. The maximum absolute atomic E-state index is 2.59. The van der Waals surface area contributed by atoms with Gasteiger partial charge in [-0.25, -0.2) is 0 Å². The molecule has 0 bridgehead atoms. The molecule has 0 heterocycles. The van der Waals surface area contributed by atoms with Gasteiger partial charge < -0.3 is 0 Å². The Morgan fingerprint density at radius 2 is 1.84 bits per heavy atom. The molecule has 2 atom stereocenters. The number of allylic oxidation sites excluding steroid dienone is 2. The van der Waals surface area contributed by atoms with E-state index in [0.29, 0.717) is 10.8 Å². The van der Waals surface area contributed by atoms with Crippen molar-refractivity contribution in [1.82, 2.24) is 0 Å². The third-order valence-electron chi connectivity index (χ3n) is 6.21. The summed E-state index contributed by atoms with van der Waals surface area (Å²) in [5, 5.41) is 0. The molecule has 0 N–H and O–H groups in total. The lowest BCUT2D eigenvalue weighted by Crippen LogP contribution is -2.45. The first-order valence-electron chi connectivity index (χ1n) is 8.46. The van der Waals surface area contributed by atoms with Crippen molar-refractivity contribution in [2.45, 2.75) is 86.5 Å². The molecule has 1 fully saturated rings. The Balaban J connectivity index is 2.29. The molecular formula is C19H34. The smallest absolute Gasteiger partial charge is 0.00804 e. The van der Waals surface area contributed by atoms with Crippen LogP contribution in [-0.2, 0) is 0 Å². The lowest BCUT2D eigenvalue weighted by atomic mass is 9.50. The van der Waals surface area contributed by atoms with Crippen LogP contribution in [0.3, 0.4) is 0 Å². The molecule has 0 spiro atoms. The quantitative estimate of drug-likeness (QED) is 0.519. The van der Waals surface area contributed by atoms with Gasteiger partial charge in [-0.2, -0.15) is 0 Å². The van der Waals surface area contributed by atoms with E-state index in [4.69, 9.17) is 0 Å². The lowest BCUT2D eigenvalue weighted by molar-refractivity contribution is 0.0100. The summed E-state index contributed by atoms with van der Waals surface area (Å²) in [6.45, 7) is 14.8. The summed E-state index contributed by atoms with van der Waals surface area (Å²) >= 11 is 0. The highest BCUT2D eigenvalue weighted by Crippen LogP contribution is 2.60. The third-order valence-corrected chi connectivity index (χ3v) is 6.21. The second kappa shape index (κ2) is 5.26. The van der Waals surface area contributed by atoms with Crippen molar-refractivity contribution in [3.63, 3.8) is 0 Å². The van der Waals surface area contributed by atoms with E-state index < -0.39 is 0 Å². The first kappa shape index (κ1) is 15.1. The zero-order valence-corrected chi connectivity index (χ0v) is 14.1. The van der Waals surface area contributed by atoms with Crippen molar-refractivity contribution in [1.29, 1.82) is 0 Å². The predicted octanol–water partition coefficient (Wildman–Crippen LogP) is 6.37. The Morgan fingerprint density at radius 1 is 1.16 bits per heavy atom. The van der Waals surface area contributed by atoms with Crippen LogP contribution < -0.4 is 0 Å². The van der Waals surface area contributed by atoms with Crippen molar-refractivity contribution in [2.75, 3.05) is 0 Å². The van der Waals surface area contributed by atoms with Crippen LogP contribution >= 0.6 is 0 Å². The molecule has 0 aromatic heterocycles. The molecular weight excluding hydrogens is 228 g/mol. The summed E-state index contributed by atoms with van der Waals surface area (Å²) in [6, 6.07) is 0. The molecule has 0 radical (unpaired) electrons. The first-order chi connectivity index (χ1) is 8.77. The molecule has 0 nitrogen and oxygen atoms in total. The van der Waals surface area contributed by atoms with Gasteiger partial charge in [-0.15, -0.1) is 0 Å². The number of rotatable bonds is 3. The minimum absolute atomic E-state index is 0.513. The monoisotopic (exact) mass is 262 g/mol. The van der Waals surface area contributed by atoms with Crippen LogP contribution in [-0.4, -0.2) is 0 Å². The van der Waals surface area contributed by atoms with Gasteiger partial charge in [-0.3, -0.25) is 0 Å². The minimum Gasteiger partial charge on any atom is -0.0735 e. The van der Waals surface area contributed by atoms with Crippen molar-refractivity contribution in [2.24, 2.45) is 22.7 Å². The molecule has 2 aliphatic rings. The fourth-order valence-corrected chi connectivity index (χ4v) is 5.12. The molecule has 0 unspecified atom stereocenters. The molecule has 2 aliphatic carbocycles. The van der Waals surface area contributed by atoms with Gasteiger partial charge in [0.2, 0.25) is 0 Å². The molecule has 0 aliphatic heterocycles. The van der Waals surface area contributed by atoms with E-state index in [0.717, 1.165) is 11.8 Å². The normalized spacial score (nSPS) is 34.6. The molecule has 19 heavy (non-hydrogen) atoms. The van der Waals surface area contributed by atoms with Crippen LogP contribution in [0.2, 0.25) is 0 Å². The van der Waals surface area contributed by atoms with Crippen molar-refractivity contribution >= 4 is 0 Å². The fourth-order valence-electron chi connectivity index (χ4n) is 5.12. The summed E-state index contributed by atoms with van der Waals surface area (Å²) < 4.78 is 0. The number of hydrogen-bond donors (Lipinski definition) is 0. The fraction of sp³-hybridized carbons (Fsp3) is 0.895. The topological polar surface area (TPSA) is 0 Å². The van der Waals surface area contributed by atoms with E-state index >= 15 is 0 Å². The maximum atomic E-state index is 2.59. The Kier molecular flexibility index (Phi) is 4.19. The van der Waals surface area contributed by atoms with Gasteiger partial charge in [-0.1, -0.05) is 52.2 Å². The van der Waals surface area contributed by atoms with Gasteiger partial charge in [0.25, 0.3) is 0 Å². The first-order valence-corrected chi connectivity index (χ1v) is 8.46. The van der Waals surface area contributed by atoms with Gasteiger partial charge in [-0.05, 0) is 68.1 Å². The standard InChI is InChI=1S/C19H34/c1-14(2)8-10-16-15(3)9-11-17-18(4,5)12-7-13-19(16,17)6/h14,17H,7-13H2,1-6H3/t17-,19+/m0/s1. The van der Waals surface area contributed by atoms with E-state index in [9.17, 15) is 0 Å². The second-order valence-electron chi connectivity index (χ2n) is 8.54. The van der Waals surface area contributed by atoms with Crippen LogP contribution in [0.5, 0.6) is 0 Å². The summed E-state index contributed by atoms with van der Waals surface area (Å²) in [5.41, 5.74) is 4.65. The van der Waals surface area contributed by atoms with Gasteiger partial charge in [0, 0.05) is 0 Å². The van der Waals surface area contributed by atoms with E-state index in [1.165, 1.54) is 44.9 Å². The van der Waals surface area contributed by atoms with E-state index in [2.05, 4.69) is 41.5 Å². The summed E-state index contributed by atoms with van der Waals surface area (Å²) in [7, 11) is 0. The molecule has 0 saturated heterocycles. The lowest BCUT2D eigenvalue weighted by Gasteiger charge is -2.55. The molecule has 110 valence electrons. The molecule has 0 aromatic carbocycles. The van der Waals surface area contributed by atoms with E-state index in [1.54, 1.807) is 5.57 Å². The van der Waals surface area contributed by atoms with Crippen LogP contribution in [0.15, 0.2) is 11.1 Å². The van der Waals surface area contributed by atoms with Gasteiger partial charge in [0.1, 0.15) is 0 Å². The van der Waals surface area contributed by atoms with Crippen molar-refractivity contribution in [3.8, 4) is 0 Å². The van der Waals surface area contributed by atoms with Crippen molar-refractivity contribution in [3.05, 3.63) is 11.1 Å². The zero-order valence-electron chi connectivity index (χ0n) is 14.1. The zero-order chi connectivity index (χ0) is 14.3. The van der Waals surface area contributed by atoms with E-state index in [-0.39, 0.29) is 0 Å². The van der Waals surface area contributed by atoms with Gasteiger partial charge >= 0.3 is 0 Å². The molecule has 0 heteroatoms. The molecule has 2 rings (SSSR count). The Morgan fingerprint density at radius 3 is 2.47 bits per heavy atom. The average molecular weight is 262 g/mol. The summed E-state index contributed by atoms with van der Waals surface area (Å²) in [6.07, 6.45) is 9.81. The highest BCUT2D eigenvalue weighted by molar-refractivity contribution is 5.27. The van der Waals surface area contributed by atoms with Gasteiger partial charge in [0.05, 0.1) is 0 Å². The Bertz CT molecular complexity index is 358. The van der Waals surface area contributed by atoms with E-state index in [1.807, 2.05) is 5.57 Å². The highest BCUT2D eigenvalue weighted by Gasteiger charge is 2.49. The van der Waals surface area contributed by atoms with Crippen LogP contribution in [0.25, 0.3) is 0 Å². The van der Waals surface area contributed by atoms with Crippen molar-refractivity contribution < 1.29 is 0 Å². The van der Waals surface area contributed by atoms with Crippen LogP contribution in [0, 0.1) is 22.7 Å². The third kappa shape index (κ3) is 2.78. The molecule has 0 aromatic rings. The second-order valence-corrected chi connectivity index (χ2v) is 8.54. The number of fused-ring (bicyclic) bond motifs is 1.